The van der Waals surface area contributed by atoms with Gasteiger partial charge >= 0.3 is 0 Å². The summed E-state index contributed by atoms with van der Waals surface area (Å²) < 4.78 is 196. The summed E-state index contributed by atoms with van der Waals surface area (Å²) in [6.45, 7) is -11.4. The Balaban J connectivity index is 2.42. The molecule has 1 atom stereocenters. The molecule has 1 aromatic heterocycles. The number of hydrogen-bond donors (Lipinski definition) is 0. The van der Waals surface area contributed by atoms with Gasteiger partial charge in [-0.25, -0.2) is 4.68 Å². The summed E-state index contributed by atoms with van der Waals surface area (Å²) in [6.07, 6.45) is -17.1. The third-order valence-electron chi connectivity index (χ3n) is 3.44. The number of benzene rings is 2. The monoisotopic (exact) mass is 418 g/mol. The topological polar surface area (TPSA) is 38.1 Å². The Labute approximate surface area is 203 Å². The quantitative estimate of drug-likeness (QED) is 0.616. The lowest BCUT2D eigenvalue weighted by atomic mass is 10.0. The Morgan fingerprint density at radius 3 is 2.71 bits per heavy atom. The number of rotatable bonds is 4. The van der Waals surface area contributed by atoms with Crippen molar-refractivity contribution in [1.82, 2.24) is 14.7 Å². The van der Waals surface area contributed by atoms with Crippen LogP contribution in [0.15, 0.2) is 53.1 Å². The first-order chi connectivity index (χ1) is 22.6. The van der Waals surface area contributed by atoms with Gasteiger partial charge in [-0.1, -0.05) is 48.7 Å². The normalized spacial score (nSPS) is 42.9. The van der Waals surface area contributed by atoms with E-state index in [0.717, 1.165) is 0 Å². The van der Waals surface area contributed by atoms with Crippen LogP contribution in [0, 0.1) is 0 Å². The summed E-state index contributed by atoms with van der Waals surface area (Å²) in [6, 6.07) is -13.8. The van der Waals surface area contributed by atoms with Gasteiger partial charge in [0.15, 0.2) is 0 Å². The number of nitrogens with zero attached hydrogens (tertiary/aromatic N) is 3. The molecule has 0 bridgehead atoms. The second-order valence-corrected chi connectivity index (χ2v) is 5.51. The fourth-order valence-corrected chi connectivity index (χ4v) is 2.29. The first-order valence-corrected chi connectivity index (χ1v) is 8.06. The maximum atomic E-state index is 14.3. The van der Waals surface area contributed by atoms with Crippen LogP contribution in [0.1, 0.15) is 74.8 Å². The lowest BCUT2D eigenvalue weighted by Gasteiger charge is -2.20. The van der Waals surface area contributed by atoms with Crippen molar-refractivity contribution in [2.24, 2.45) is 0 Å². The zero-order chi connectivity index (χ0) is 39.9. The van der Waals surface area contributed by atoms with Crippen molar-refractivity contribution in [3.63, 3.8) is 0 Å². The zero-order valence-electron chi connectivity index (χ0n) is 37.1. The van der Waals surface area contributed by atoms with E-state index in [4.69, 9.17) is 41.8 Å². The van der Waals surface area contributed by atoms with E-state index >= 15 is 0 Å². The van der Waals surface area contributed by atoms with Gasteiger partial charge in [-0.05, 0) is 55.8 Å². The van der Waals surface area contributed by atoms with Crippen molar-refractivity contribution in [2.45, 2.75) is 38.4 Å². The first-order valence-electron chi connectivity index (χ1n) is 19.2. The third kappa shape index (κ3) is 3.98. The van der Waals surface area contributed by atoms with E-state index < -0.39 is 142 Å². The number of fused-ring (bicyclic) bond motifs is 1. The summed E-state index contributed by atoms with van der Waals surface area (Å²) in [7, 11) is 0. The average Bonchev–Trinajstić information content (AvgIpc) is 2.99. The van der Waals surface area contributed by atoms with Crippen LogP contribution in [0.5, 0.6) is 0 Å². The van der Waals surface area contributed by atoms with Crippen LogP contribution in [-0.2, 0) is 6.37 Å². The van der Waals surface area contributed by atoms with Gasteiger partial charge in [0, 0.05) is 42.5 Å². The first kappa shape index (κ1) is 5.93. The SMILES string of the molecule is [2H]c1c([2H])c(C([2H])([2H])c2nn(C3([2H])C([2H])([2H])C([2H])([2H])N(C([2H])([2H])C)C([2H])([2H])C([2H])([2H])C3([2H])[2H])c(=O)c3c([2H])c([2H])c([2H])c([2H])c23)c([2H])c([2H])c1Cl. The maximum absolute atomic E-state index is 14.3. The van der Waals surface area contributed by atoms with Crippen LogP contribution in [0.2, 0.25) is 5.02 Å². The molecule has 2 aromatic carbocycles. The van der Waals surface area contributed by atoms with Gasteiger partial charge in [0.05, 0.1) is 29.4 Å². The fraction of sp³-hybridized carbons (Fsp3) is 0.391. The van der Waals surface area contributed by atoms with Gasteiger partial charge in [0.25, 0.3) is 5.56 Å². The molecule has 1 saturated heterocycles. The summed E-state index contributed by atoms with van der Waals surface area (Å²) in [5.74, 6) is 0. The van der Waals surface area contributed by atoms with Crippen molar-refractivity contribution in [2.75, 3.05) is 19.5 Å². The van der Waals surface area contributed by atoms with Gasteiger partial charge in [-0.2, -0.15) is 5.10 Å². The lowest BCUT2D eigenvalue weighted by Crippen LogP contribution is -2.30. The second-order valence-electron chi connectivity index (χ2n) is 5.14. The van der Waals surface area contributed by atoms with Crippen LogP contribution < -0.4 is 5.56 Å². The zero-order valence-corrected chi connectivity index (χ0v) is 14.9. The van der Waals surface area contributed by atoms with Crippen LogP contribution in [0.3, 0.4) is 0 Å². The van der Waals surface area contributed by atoms with Gasteiger partial charge in [-0.15, -0.1) is 0 Å². The maximum Gasteiger partial charge on any atom is 0.274 e. The van der Waals surface area contributed by atoms with E-state index in [-0.39, 0.29) is 0 Å². The molecule has 4 rings (SSSR count). The Hall–Kier alpha value is -2.17. The Kier molecular flexibility index (Phi) is 1.79. The highest BCUT2D eigenvalue weighted by Crippen LogP contribution is 2.24. The predicted molar refractivity (Wildman–Crippen MR) is 115 cm³/mol. The van der Waals surface area contributed by atoms with Crippen molar-refractivity contribution < 1.29 is 31.5 Å². The molecule has 28 heavy (non-hydrogen) atoms. The third-order valence-corrected chi connectivity index (χ3v) is 3.63. The van der Waals surface area contributed by atoms with Crippen LogP contribution in [0.25, 0.3) is 10.8 Å². The summed E-state index contributed by atoms with van der Waals surface area (Å²) in [5.41, 5.74) is -4.79. The lowest BCUT2D eigenvalue weighted by molar-refractivity contribution is 0.292. The molecule has 4 nitrogen and oxygen atoms in total. The van der Waals surface area contributed by atoms with E-state index in [1.165, 1.54) is 0 Å². The molecule has 0 N–H and O–H groups in total. The van der Waals surface area contributed by atoms with Gasteiger partial charge in [-0.3, -0.25) is 4.79 Å². The number of halogens is 1. The molecule has 0 amide bonds. The number of hydrogen-bond acceptors (Lipinski definition) is 3. The van der Waals surface area contributed by atoms with E-state index in [2.05, 4.69) is 5.10 Å². The molecule has 2 heterocycles. The molecule has 0 radical (unpaired) electrons. The minimum absolute atomic E-state index is 0.481. The molecule has 146 valence electrons. The molecule has 5 heteroatoms. The minimum Gasteiger partial charge on any atom is -0.304 e. The highest BCUT2D eigenvalue weighted by atomic mass is 35.5. The molecule has 1 aliphatic heterocycles. The molecule has 0 spiro atoms. The minimum atomic E-state index is -4.58. The average molecular weight is 419 g/mol. The van der Waals surface area contributed by atoms with E-state index in [9.17, 15) is 6.17 Å². The van der Waals surface area contributed by atoms with Crippen molar-refractivity contribution in [3.05, 3.63) is 75.0 Å². The molecular weight excluding hydrogens is 370 g/mol. The molecule has 3 aromatic rings. The molecule has 0 aliphatic carbocycles. The summed E-state index contributed by atoms with van der Waals surface area (Å²) in [4.78, 5) is 13.7. The Bertz CT molecular complexity index is 2030. The Morgan fingerprint density at radius 2 is 1.96 bits per heavy atom. The molecule has 1 aliphatic rings. The van der Waals surface area contributed by atoms with Gasteiger partial charge in [0.1, 0.15) is 0 Å². The van der Waals surface area contributed by atoms with Crippen molar-refractivity contribution >= 4 is 22.4 Å². The van der Waals surface area contributed by atoms with Crippen LogP contribution >= 0.6 is 11.6 Å². The second kappa shape index (κ2) is 8.46. The smallest absolute Gasteiger partial charge is 0.274 e. The van der Waals surface area contributed by atoms with Crippen LogP contribution in [0.4, 0.5) is 0 Å². The van der Waals surface area contributed by atoms with E-state index in [1.54, 1.807) is 0 Å². The highest BCUT2D eigenvalue weighted by Gasteiger charge is 2.21. The Morgan fingerprint density at radius 1 is 1.21 bits per heavy atom. The number of likely N-dealkylation sites (tertiary alicyclic amines) is 1. The summed E-state index contributed by atoms with van der Waals surface area (Å²) in [5, 5.41) is 0.323. The number of aromatic nitrogens is 2. The standard InChI is InChI=1S/C23H26ClN3O/c1-2-26-14-5-6-19(13-15-26)27-23(28)21-8-4-3-7-20(21)22(25-27)16-17-9-11-18(24)12-10-17/h3-4,7-12,19H,2,5-6,13-16H2,1H3/i2D2,3D,4D,5D2,6D2,7D,8D,9D,10D,11D,12D,13D2,14D2,15D2,16D2,19D. The van der Waals surface area contributed by atoms with Gasteiger partial charge < -0.3 is 4.90 Å². The molecule has 0 saturated carbocycles. The summed E-state index contributed by atoms with van der Waals surface area (Å²) >= 11 is 5.86. The highest BCUT2D eigenvalue weighted by molar-refractivity contribution is 6.30. The molecule has 1 unspecified atom stereocenters. The molecule has 1 fully saturated rings. The largest absolute Gasteiger partial charge is 0.304 e. The van der Waals surface area contributed by atoms with Gasteiger partial charge in [0.2, 0.25) is 0 Å². The molecular formula is C23H26ClN3O. The fourth-order valence-electron chi connectivity index (χ4n) is 2.20. The van der Waals surface area contributed by atoms with E-state index in [0.29, 0.717) is 6.92 Å². The van der Waals surface area contributed by atoms with Crippen LogP contribution in [-0.4, -0.2) is 34.2 Å². The predicted octanol–water partition coefficient (Wildman–Crippen LogP) is 4.69. The van der Waals surface area contributed by atoms with E-state index in [1.807, 2.05) is 0 Å². The van der Waals surface area contributed by atoms with Crippen molar-refractivity contribution in [3.8, 4) is 0 Å². The van der Waals surface area contributed by atoms with Crippen molar-refractivity contribution in [1.29, 1.82) is 0 Å².